The Bertz CT molecular complexity index is 558. The van der Waals surface area contributed by atoms with Crippen LogP contribution in [-0.4, -0.2) is 16.5 Å². The number of rotatable bonds is 6. The third-order valence-electron chi connectivity index (χ3n) is 2.75. The molecule has 106 valence electrons. The largest absolute Gasteiger partial charge is 0.354 e. The average molecular weight is 308 g/mol. The molecule has 20 heavy (non-hydrogen) atoms. The van der Waals surface area contributed by atoms with E-state index in [1.54, 1.807) is 11.8 Å². The molecule has 2 rings (SSSR count). The molecule has 2 aromatic rings. The second-order valence-electron chi connectivity index (χ2n) is 4.52. The zero-order valence-corrected chi connectivity index (χ0v) is 13.3. The molecule has 0 fully saturated rings. The highest BCUT2D eigenvalue weighted by Gasteiger charge is 2.05. The number of nitrogens with one attached hydrogen (secondary N) is 1. The van der Waals surface area contributed by atoms with Crippen LogP contribution in [0.15, 0.2) is 35.5 Å². The van der Waals surface area contributed by atoms with Gasteiger partial charge < -0.3 is 5.32 Å². The number of aromatic nitrogens is 2. The number of nitrogens with zero attached hydrogens (tertiary/aromatic N) is 2. The maximum atomic E-state index is 5.89. The van der Waals surface area contributed by atoms with Crippen LogP contribution in [-0.2, 0) is 5.75 Å². The summed E-state index contributed by atoms with van der Waals surface area (Å²) in [5, 5.41) is 5.00. The van der Waals surface area contributed by atoms with Crippen molar-refractivity contribution in [2.75, 3.05) is 11.9 Å². The van der Waals surface area contributed by atoms with Gasteiger partial charge in [0, 0.05) is 23.5 Å². The van der Waals surface area contributed by atoms with E-state index in [9.17, 15) is 0 Å². The molecule has 1 heterocycles. The van der Waals surface area contributed by atoms with E-state index in [2.05, 4.69) is 22.2 Å². The van der Waals surface area contributed by atoms with Crippen molar-refractivity contribution >= 4 is 29.3 Å². The number of hydrogen-bond donors (Lipinski definition) is 1. The van der Waals surface area contributed by atoms with Crippen LogP contribution < -0.4 is 5.32 Å². The van der Waals surface area contributed by atoms with Crippen LogP contribution in [0.5, 0.6) is 0 Å². The molecule has 0 aliphatic heterocycles. The van der Waals surface area contributed by atoms with E-state index in [1.165, 1.54) is 5.56 Å². The quantitative estimate of drug-likeness (QED) is 0.627. The fourth-order valence-electron chi connectivity index (χ4n) is 1.63. The summed E-state index contributed by atoms with van der Waals surface area (Å²) in [6.07, 6.45) is 2.93. The lowest BCUT2D eigenvalue weighted by Gasteiger charge is -2.08. The first-order valence-electron chi connectivity index (χ1n) is 6.64. The lowest BCUT2D eigenvalue weighted by atomic mass is 10.2. The predicted octanol–water partition coefficient (Wildman–Crippen LogP) is 4.55. The Morgan fingerprint density at radius 1 is 1.25 bits per heavy atom. The van der Waals surface area contributed by atoms with Crippen molar-refractivity contribution < 1.29 is 0 Å². The number of benzene rings is 1. The van der Waals surface area contributed by atoms with Crippen molar-refractivity contribution in [2.24, 2.45) is 0 Å². The minimum Gasteiger partial charge on any atom is -0.354 e. The first kappa shape index (κ1) is 15.1. The summed E-state index contributed by atoms with van der Waals surface area (Å²) < 4.78 is 0. The summed E-state index contributed by atoms with van der Waals surface area (Å²) in [5.74, 6) is 1.58. The Kier molecular flexibility index (Phi) is 5.68. The van der Waals surface area contributed by atoms with E-state index in [1.807, 2.05) is 37.4 Å². The van der Waals surface area contributed by atoms with Gasteiger partial charge in [-0.05, 0) is 36.6 Å². The third kappa shape index (κ3) is 4.39. The molecule has 1 aromatic carbocycles. The number of thioether (sulfide) groups is 1. The lowest BCUT2D eigenvalue weighted by molar-refractivity contribution is 0.925. The standard InChI is InChI=1S/C15H18ClN3S/c1-3-8-17-15-18-9-11(2)14(19-15)20-10-12-4-6-13(16)7-5-12/h4-7,9H,3,8,10H2,1-2H3,(H,17,18,19). The summed E-state index contributed by atoms with van der Waals surface area (Å²) in [4.78, 5) is 8.85. The maximum absolute atomic E-state index is 5.89. The molecule has 1 aromatic heterocycles. The molecule has 0 spiro atoms. The van der Waals surface area contributed by atoms with Gasteiger partial charge in [-0.3, -0.25) is 0 Å². The highest BCUT2D eigenvalue weighted by atomic mass is 35.5. The number of halogens is 1. The molecule has 0 radical (unpaired) electrons. The van der Waals surface area contributed by atoms with Gasteiger partial charge in [0.05, 0.1) is 0 Å². The normalized spacial score (nSPS) is 10.6. The van der Waals surface area contributed by atoms with E-state index in [0.29, 0.717) is 5.95 Å². The van der Waals surface area contributed by atoms with Crippen molar-refractivity contribution in [2.45, 2.75) is 31.0 Å². The van der Waals surface area contributed by atoms with Crippen molar-refractivity contribution in [3.63, 3.8) is 0 Å². The fraction of sp³-hybridized carbons (Fsp3) is 0.333. The molecular formula is C15H18ClN3S. The number of hydrogen-bond acceptors (Lipinski definition) is 4. The molecule has 0 saturated heterocycles. The minimum atomic E-state index is 0.705. The summed E-state index contributed by atoms with van der Waals surface area (Å²) in [5.41, 5.74) is 2.34. The molecule has 0 bridgehead atoms. The van der Waals surface area contributed by atoms with Gasteiger partial charge in [-0.1, -0.05) is 30.7 Å². The van der Waals surface area contributed by atoms with Crippen LogP contribution in [0.2, 0.25) is 5.02 Å². The van der Waals surface area contributed by atoms with Crippen LogP contribution in [0, 0.1) is 6.92 Å². The summed E-state index contributed by atoms with van der Waals surface area (Å²) in [6.45, 7) is 5.05. The molecule has 0 atom stereocenters. The topological polar surface area (TPSA) is 37.8 Å². The monoisotopic (exact) mass is 307 g/mol. The summed E-state index contributed by atoms with van der Waals surface area (Å²) >= 11 is 7.61. The average Bonchev–Trinajstić information content (AvgIpc) is 2.46. The van der Waals surface area contributed by atoms with E-state index in [4.69, 9.17) is 11.6 Å². The Labute approximate surface area is 129 Å². The maximum Gasteiger partial charge on any atom is 0.223 e. The highest BCUT2D eigenvalue weighted by Crippen LogP contribution is 2.25. The Hall–Kier alpha value is -1.26. The smallest absolute Gasteiger partial charge is 0.223 e. The van der Waals surface area contributed by atoms with Crippen LogP contribution in [0.3, 0.4) is 0 Å². The van der Waals surface area contributed by atoms with Crippen LogP contribution in [0.1, 0.15) is 24.5 Å². The van der Waals surface area contributed by atoms with Gasteiger partial charge in [-0.25, -0.2) is 9.97 Å². The van der Waals surface area contributed by atoms with Gasteiger partial charge in [-0.15, -0.1) is 11.8 Å². The van der Waals surface area contributed by atoms with Gasteiger partial charge in [-0.2, -0.15) is 0 Å². The van der Waals surface area contributed by atoms with E-state index in [0.717, 1.165) is 34.3 Å². The van der Waals surface area contributed by atoms with Crippen molar-refractivity contribution in [1.82, 2.24) is 9.97 Å². The zero-order chi connectivity index (χ0) is 14.4. The fourth-order valence-corrected chi connectivity index (χ4v) is 2.68. The van der Waals surface area contributed by atoms with Crippen molar-refractivity contribution in [3.8, 4) is 0 Å². The van der Waals surface area contributed by atoms with E-state index < -0.39 is 0 Å². The second kappa shape index (κ2) is 7.50. The Balaban J connectivity index is 2.02. The molecule has 0 saturated carbocycles. The number of aryl methyl sites for hydroxylation is 1. The van der Waals surface area contributed by atoms with Crippen LogP contribution >= 0.6 is 23.4 Å². The van der Waals surface area contributed by atoms with Crippen LogP contribution in [0.25, 0.3) is 0 Å². The van der Waals surface area contributed by atoms with Crippen molar-refractivity contribution in [1.29, 1.82) is 0 Å². The zero-order valence-electron chi connectivity index (χ0n) is 11.7. The Morgan fingerprint density at radius 3 is 2.70 bits per heavy atom. The molecule has 3 nitrogen and oxygen atoms in total. The predicted molar refractivity (Wildman–Crippen MR) is 86.6 cm³/mol. The molecule has 0 aliphatic rings. The third-order valence-corrected chi connectivity index (χ3v) is 4.16. The summed E-state index contributed by atoms with van der Waals surface area (Å²) in [6, 6.07) is 7.92. The van der Waals surface area contributed by atoms with Gasteiger partial charge >= 0.3 is 0 Å². The van der Waals surface area contributed by atoms with Gasteiger partial charge in [0.15, 0.2) is 0 Å². The molecule has 0 amide bonds. The summed E-state index contributed by atoms with van der Waals surface area (Å²) in [7, 11) is 0. The first-order chi connectivity index (χ1) is 9.69. The number of anilines is 1. The second-order valence-corrected chi connectivity index (χ2v) is 5.92. The van der Waals surface area contributed by atoms with Gasteiger partial charge in [0.2, 0.25) is 5.95 Å². The molecule has 5 heteroatoms. The Morgan fingerprint density at radius 2 is 2.00 bits per heavy atom. The molecule has 0 unspecified atom stereocenters. The SMILES string of the molecule is CCCNc1ncc(C)c(SCc2ccc(Cl)cc2)n1. The van der Waals surface area contributed by atoms with Gasteiger partial charge in [0.1, 0.15) is 5.03 Å². The molecule has 1 N–H and O–H groups in total. The molecule has 0 aliphatic carbocycles. The van der Waals surface area contributed by atoms with Crippen LogP contribution in [0.4, 0.5) is 5.95 Å². The lowest BCUT2D eigenvalue weighted by Crippen LogP contribution is -2.05. The molecular weight excluding hydrogens is 290 g/mol. The first-order valence-corrected chi connectivity index (χ1v) is 8.00. The highest BCUT2D eigenvalue weighted by molar-refractivity contribution is 7.98. The van der Waals surface area contributed by atoms with Crippen molar-refractivity contribution in [3.05, 3.63) is 46.6 Å². The van der Waals surface area contributed by atoms with E-state index in [-0.39, 0.29) is 0 Å². The van der Waals surface area contributed by atoms with E-state index >= 15 is 0 Å². The van der Waals surface area contributed by atoms with Gasteiger partial charge in [0.25, 0.3) is 0 Å². The minimum absolute atomic E-state index is 0.705.